The molecule has 6 rings (SSSR count). The van der Waals surface area contributed by atoms with E-state index < -0.39 is 23.4 Å². The van der Waals surface area contributed by atoms with Gasteiger partial charge >= 0.3 is 5.97 Å². The number of benzene rings is 3. The summed E-state index contributed by atoms with van der Waals surface area (Å²) in [5, 5.41) is 18.3. The molecule has 216 valence electrons. The van der Waals surface area contributed by atoms with Gasteiger partial charge in [0.1, 0.15) is 29.9 Å². The molecular formula is C32H23F3N4O4. The zero-order valence-electron chi connectivity index (χ0n) is 22.6. The van der Waals surface area contributed by atoms with Crippen LogP contribution < -0.4 is 4.74 Å². The highest BCUT2D eigenvalue weighted by Gasteiger charge is 2.24. The molecule has 0 spiro atoms. The first-order valence-electron chi connectivity index (χ1n) is 13.4. The van der Waals surface area contributed by atoms with Gasteiger partial charge in [0.25, 0.3) is 0 Å². The number of pyridine rings is 1. The number of hydrogen-bond donors (Lipinski definition) is 1. The maximum Gasteiger partial charge on any atom is 0.335 e. The molecule has 0 radical (unpaired) electrons. The number of carboxylic acid groups (broad SMARTS) is 1. The highest BCUT2D eigenvalue weighted by Crippen LogP contribution is 2.29. The van der Waals surface area contributed by atoms with Crippen LogP contribution in [0.4, 0.5) is 13.2 Å². The average Bonchev–Trinajstić information content (AvgIpc) is 3.31. The lowest BCUT2D eigenvalue weighted by molar-refractivity contribution is -0.0589. The Labute approximate surface area is 243 Å². The Kier molecular flexibility index (Phi) is 7.52. The number of imidazole rings is 1. The van der Waals surface area contributed by atoms with Crippen molar-refractivity contribution in [3.8, 4) is 23.2 Å². The van der Waals surface area contributed by atoms with Gasteiger partial charge in [-0.05, 0) is 60.5 Å². The standard InChI is InChI=1S/C32H23F3N4O4/c33-24-10-18(15-36)4-5-20(24)17-43-31-3-1-2-27(38-31)23-14-25(34)21(11-26(23)35)13-30-37-28-7-6-19(32(40)41)12-29(28)39(30)16-22-8-9-42-22/h1-7,10-12,14,22H,8-9,13,16-17H2,(H,40,41). The summed E-state index contributed by atoms with van der Waals surface area (Å²) in [7, 11) is 0. The second-order valence-corrected chi connectivity index (χ2v) is 10.1. The van der Waals surface area contributed by atoms with Crippen molar-refractivity contribution >= 4 is 17.0 Å². The number of rotatable bonds is 9. The minimum Gasteiger partial charge on any atom is -0.478 e. The first kappa shape index (κ1) is 27.9. The highest BCUT2D eigenvalue weighted by molar-refractivity contribution is 5.92. The number of carbonyl (C=O) groups is 1. The molecule has 0 aliphatic carbocycles. The van der Waals surface area contributed by atoms with Crippen molar-refractivity contribution in [2.45, 2.75) is 32.1 Å². The highest BCUT2D eigenvalue weighted by atomic mass is 19.1. The predicted molar refractivity (Wildman–Crippen MR) is 149 cm³/mol. The molecule has 2 aromatic heterocycles. The lowest BCUT2D eigenvalue weighted by atomic mass is 10.0. The van der Waals surface area contributed by atoms with E-state index in [9.17, 15) is 14.3 Å². The first-order valence-corrected chi connectivity index (χ1v) is 13.4. The molecule has 1 atom stereocenters. The van der Waals surface area contributed by atoms with Gasteiger partial charge in [0.2, 0.25) is 5.88 Å². The number of aromatic nitrogens is 3. The van der Waals surface area contributed by atoms with Crippen LogP contribution >= 0.6 is 0 Å². The van der Waals surface area contributed by atoms with Gasteiger partial charge < -0.3 is 19.1 Å². The van der Waals surface area contributed by atoms with Crippen LogP contribution in [0.25, 0.3) is 22.3 Å². The van der Waals surface area contributed by atoms with Crippen molar-refractivity contribution in [3.05, 3.63) is 112 Å². The lowest BCUT2D eigenvalue weighted by Gasteiger charge is -2.27. The summed E-state index contributed by atoms with van der Waals surface area (Å²) in [6, 6.07) is 17.2. The van der Waals surface area contributed by atoms with Crippen molar-refractivity contribution in [1.29, 1.82) is 5.26 Å². The van der Waals surface area contributed by atoms with Crippen molar-refractivity contribution in [2.24, 2.45) is 0 Å². The van der Waals surface area contributed by atoms with E-state index in [2.05, 4.69) is 9.97 Å². The van der Waals surface area contributed by atoms with Gasteiger partial charge in [0.15, 0.2) is 0 Å². The first-order chi connectivity index (χ1) is 20.8. The summed E-state index contributed by atoms with van der Waals surface area (Å²) in [6.45, 7) is 0.853. The zero-order chi connectivity index (χ0) is 30.1. The van der Waals surface area contributed by atoms with E-state index in [0.29, 0.717) is 30.0 Å². The van der Waals surface area contributed by atoms with Crippen LogP contribution in [-0.4, -0.2) is 38.3 Å². The maximum absolute atomic E-state index is 15.4. The fraction of sp³-hybridized carbons (Fsp3) is 0.188. The topological polar surface area (TPSA) is 110 Å². The summed E-state index contributed by atoms with van der Waals surface area (Å²) < 4.78 is 58.0. The van der Waals surface area contributed by atoms with Gasteiger partial charge in [0, 0.05) is 30.2 Å². The number of halogens is 3. The van der Waals surface area contributed by atoms with E-state index in [1.807, 2.05) is 6.07 Å². The molecule has 43 heavy (non-hydrogen) atoms. The molecule has 8 nitrogen and oxygen atoms in total. The summed E-state index contributed by atoms with van der Waals surface area (Å²) in [6.07, 6.45) is 0.704. The minimum atomic E-state index is -1.08. The summed E-state index contributed by atoms with van der Waals surface area (Å²) in [5.74, 6) is -2.54. The molecule has 3 heterocycles. The molecule has 1 N–H and O–H groups in total. The van der Waals surface area contributed by atoms with Gasteiger partial charge in [-0.15, -0.1) is 0 Å². The van der Waals surface area contributed by atoms with E-state index in [1.165, 1.54) is 36.4 Å². The Morgan fingerprint density at radius 2 is 1.84 bits per heavy atom. The van der Waals surface area contributed by atoms with Crippen LogP contribution in [0.3, 0.4) is 0 Å². The Hall–Kier alpha value is -5.21. The molecule has 1 aliphatic rings. The van der Waals surface area contributed by atoms with Crippen LogP contribution in [0.15, 0.2) is 66.7 Å². The fourth-order valence-electron chi connectivity index (χ4n) is 4.90. The largest absolute Gasteiger partial charge is 0.478 e. The van der Waals surface area contributed by atoms with Gasteiger partial charge in [-0.2, -0.15) is 5.26 Å². The van der Waals surface area contributed by atoms with E-state index in [0.717, 1.165) is 24.6 Å². The van der Waals surface area contributed by atoms with Crippen molar-refractivity contribution in [3.63, 3.8) is 0 Å². The quantitative estimate of drug-likeness (QED) is 0.225. The third kappa shape index (κ3) is 5.78. The second-order valence-electron chi connectivity index (χ2n) is 10.1. The molecule has 0 bridgehead atoms. The van der Waals surface area contributed by atoms with Crippen LogP contribution in [0.5, 0.6) is 5.88 Å². The molecule has 11 heteroatoms. The SMILES string of the molecule is N#Cc1ccc(COc2cccc(-c3cc(F)c(Cc4nc5ccc(C(=O)O)cc5n4CC4CCO4)cc3F)n2)c(F)c1. The Balaban J connectivity index is 1.26. The summed E-state index contributed by atoms with van der Waals surface area (Å²) in [4.78, 5) is 20.4. The summed E-state index contributed by atoms with van der Waals surface area (Å²) in [5.41, 5.74) is 1.70. The zero-order valence-corrected chi connectivity index (χ0v) is 22.6. The lowest BCUT2D eigenvalue weighted by Crippen LogP contribution is -2.31. The van der Waals surface area contributed by atoms with Crippen LogP contribution in [-0.2, 0) is 24.3 Å². The van der Waals surface area contributed by atoms with Crippen molar-refractivity contribution in [2.75, 3.05) is 6.61 Å². The molecule has 3 aromatic carbocycles. The van der Waals surface area contributed by atoms with Gasteiger partial charge in [-0.3, -0.25) is 0 Å². The molecule has 0 amide bonds. The van der Waals surface area contributed by atoms with Crippen molar-refractivity contribution in [1.82, 2.24) is 14.5 Å². The third-order valence-electron chi connectivity index (χ3n) is 7.30. The van der Waals surface area contributed by atoms with Crippen molar-refractivity contribution < 1.29 is 32.5 Å². The molecule has 0 saturated carbocycles. The summed E-state index contributed by atoms with van der Waals surface area (Å²) >= 11 is 0. The molecule has 1 aliphatic heterocycles. The Morgan fingerprint density at radius 1 is 1.02 bits per heavy atom. The van der Waals surface area contributed by atoms with E-state index in [4.69, 9.17) is 14.7 Å². The smallest absolute Gasteiger partial charge is 0.335 e. The number of hydrogen-bond acceptors (Lipinski definition) is 6. The molecule has 1 saturated heterocycles. The molecule has 1 fully saturated rings. The van der Waals surface area contributed by atoms with Crippen LogP contribution in [0.1, 0.15) is 39.3 Å². The molecular weight excluding hydrogens is 561 g/mol. The number of fused-ring (bicyclic) bond motifs is 1. The number of carboxylic acids is 1. The average molecular weight is 585 g/mol. The fourth-order valence-corrected chi connectivity index (χ4v) is 4.90. The number of nitrogens with zero attached hydrogens (tertiary/aromatic N) is 4. The van der Waals surface area contributed by atoms with Gasteiger partial charge in [-0.25, -0.2) is 27.9 Å². The normalized spacial score (nSPS) is 14.3. The van der Waals surface area contributed by atoms with E-state index in [-0.39, 0.29) is 58.5 Å². The van der Waals surface area contributed by atoms with Crippen LogP contribution in [0.2, 0.25) is 0 Å². The van der Waals surface area contributed by atoms with E-state index in [1.54, 1.807) is 16.7 Å². The second kappa shape index (κ2) is 11.6. The Morgan fingerprint density at radius 3 is 2.56 bits per heavy atom. The molecule has 5 aromatic rings. The monoisotopic (exact) mass is 584 g/mol. The minimum absolute atomic E-state index is 0.0421. The van der Waals surface area contributed by atoms with Gasteiger partial charge in [-0.1, -0.05) is 12.1 Å². The van der Waals surface area contributed by atoms with Gasteiger partial charge in [0.05, 0.1) is 46.6 Å². The number of aromatic carboxylic acids is 1. The van der Waals surface area contributed by atoms with E-state index >= 15 is 8.78 Å². The Bertz CT molecular complexity index is 1910. The third-order valence-corrected chi connectivity index (χ3v) is 7.30. The predicted octanol–water partition coefficient (Wildman–Crippen LogP) is 6.04. The number of nitriles is 1. The molecule has 1 unspecified atom stereocenters. The maximum atomic E-state index is 15.4. The van der Waals surface area contributed by atoms with Crippen LogP contribution in [0, 0.1) is 28.8 Å². The number of ether oxygens (including phenoxy) is 2.